The largest absolute Gasteiger partial charge is 0.488 e. The Bertz CT molecular complexity index is 1040. The van der Waals surface area contributed by atoms with Crippen molar-refractivity contribution in [3.8, 4) is 5.75 Å². The van der Waals surface area contributed by atoms with Gasteiger partial charge in [-0.3, -0.25) is 14.9 Å². The van der Waals surface area contributed by atoms with Crippen LogP contribution in [0.25, 0.3) is 10.9 Å². The molecule has 140 valence electrons. The highest BCUT2D eigenvalue weighted by atomic mass is 19.3. The van der Waals surface area contributed by atoms with Gasteiger partial charge in [0.15, 0.2) is 0 Å². The van der Waals surface area contributed by atoms with Crippen molar-refractivity contribution >= 4 is 22.3 Å². The van der Waals surface area contributed by atoms with Crippen LogP contribution in [-0.2, 0) is 6.54 Å². The quantitative estimate of drug-likeness (QED) is 0.484. The molecular weight excluding hydrogens is 362 g/mol. The van der Waals surface area contributed by atoms with E-state index in [1.165, 1.54) is 12.4 Å². The Labute approximate surface area is 151 Å². The minimum Gasteiger partial charge on any atom is -0.488 e. The fraction of sp³-hybridized carbons (Fsp3) is 0.176. The van der Waals surface area contributed by atoms with Crippen LogP contribution < -0.4 is 15.6 Å². The molecule has 10 heteroatoms. The molecule has 0 saturated heterocycles. The van der Waals surface area contributed by atoms with Crippen LogP contribution in [0.15, 0.2) is 47.5 Å². The fourth-order valence-electron chi connectivity index (χ4n) is 2.50. The normalized spacial score (nSPS) is 10.9. The molecule has 1 heterocycles. The van der Waals surface area contributed by atoms with Crippen LogP contribution >= 0.6 is 0 Å². The maximum absolute atomic E-state index is 12.2. The molecule has 27 heavy (non-hydrogen) atoms. The average Bonchev–Trinajstić information content (AvgIpc) is 2.64. The smallest absolute Gasteiger partial charge is 0.293 e. The van der Waals surface area contributed by atoms with E-state index in [9.17, 15) is 23.7 Å². The summed E-state index contributed by atoms with van der Waals surface area (Å²) in [6, 6.07) is 9.03. The van der Waals surface area contributed by atoms with Gasteiger partial charge >= 0.3 is 0 Å². The monoisotopic (exact) mass is 376 g/mol. The Morgan fingerprint density at radius 2 is 2.11 bits per heavy atom. The zero-order valence-corrected chi connectivity index (χ0v) is 13.8. The molecule has 0 bridgehead atoms. The summed E-state index contributed by atoms with van der Waals surface area (Å²) in [7, 11) is 0. The van der Waals surface area contributed by atoms with Crippen LogP contribution in [0, 0.1) is 10.1 Å². The number of hydrogen-bond donors (Lipinski definition) is 2. The molecule has 0 saturated carbocycles. The molecule has 2 N–H and O–H groups in total. The second kappa shape index (κ2) is 7.77. The third-order valence-corrected chi connectivity index (χ3v) is 3.71. The number of hydrogen-bond acceptors (Lipinski definition) is 6. The summed E-state index contributed by atoms with van der Waals surface area (Å²) < 4.78 is 29.4. The van der Waals surface area contributed by atoms with Crippen LogP contribution in [-0.4, -0.2) is 27.9 Å². The Balaban J connectivity index is 1.84. The molecule has 0 unspecified atom stereocenters. The minimum atomic E-state index is -2.58. The number of halogens is 2. The lowest BCUT2D eigenvalue weighted by Crippen LogP contribution is -2.09. The van der Waals surface area contributed by atoms with Gasteiger partial charge in [-0.2, -0.15) is 0 Å². The van der Waals surface area contributed by atoms with E-state index in [1.807, 2.05) is 0 Å². The highest BCUT2D eigenvalue weighted by Crippen LogP contribution is 2.28. The van der Waals surface area contributed by atoms with Gasteiger partial charge in [0.2, 0.25) is 0 Å². The van der Waals surface area contributed by atoms with E-state index < -0.39 is 23.5 Å². The van der Waals surface area contributed by atoms with Crippen LogP contribution in [0.3, 0.4) is 0 Å². The van der Waals surface area contributed by atoms with Crippen molar-refractivity contribution in [2.45, 2.75) is 13.0 Å². The number of ether oxygens (including phenoxy) is 1. The van der Waals surface area contributed by atoms with Crippen molar-refractivity contribution in [3.63, 3.8) is 0 Å². The number of aromatic nitrogens is 2. The van der Waals surface area contributed by atoms with Crippen molar-refractivity contribution in [2.75, 3.05) is 11.9 Å². The number of nitrogens with one attached hydrogen (secondary N) is 2. The fourth-order valence-corrected chi connectivity index (χ4v) is 2.50. The van der Waals surface area contributed by atoms with Gasteiger partial charge in [-0.05, 0) is 23.8 Å². The SMILES string of the molecule is O=c1[nH]cnc2cc(NCc3cccc(OCC(F)F)c3)c([N+](=O)[O-])cc12. The molecule has 0 fully saturated rings. The van der Waals surface area contributed by atoms with Gasteiger partial charge in [0.25, 0.3) is 17.7 Å². The Morgan fingerprint density at radius 1 is 1.30 bits per heavy atom. The third kappa shape index (κ3) is 4.35. The lowest BCUT2D eigenvalue weighted by molar-refractivity contribution is -0.383. The highest BCUT2D eigenvalue weighted by Gasteiger charge is 2.17. The summed E-state index contributed by atoms with van der Waals surface area (Å²) in [6.07, 6.45) is -1.37. The first-order valence-corrected chi connectivity index (χ1v) is 7.83. The maximum Gasteiger partial charge on any atom is 0.293 e. The molecule has 8 nitrogen and oxygen atoms in total. The molecule has 0 aliphatic rings. The summed E-state index contributed by atoms with van der Waals surface area (Å²) in [6.45, 7) is -0.533. The predicted octanol–water partition coefficient (Wildman–Crippen LogP) is 3.09. The van der Waals surface area contributed by atoms with Gasteiger partial charge < -0.3 is 15.0 Å². The van der Waals surface area contributed by atoms with E-state index in [0.717, 1.165) is 6.07 Å². The molecule has 0 aliphatic heterocycles. The summed E-state index contributed by atoms with van der Waals surface area (Å²) in [5.41, 5.74) is 0.421. The number of rotatable bonds is 7. The van der Waals surface area contributed by atoms with Crippen LogP contribution in [0.2, 0.25) is 0 Å². The standard InChI is InChI=1S/C17H14F2N4O4/c18-16(19)8-27-11-3-1-2-10(4-11)7-20-14-6-13-12(5-15(14)23(25)26)17(24)22-9-21-13/h1-6,9,16,20H,7-8H2,(H,21,22,24). The minimum absolute atomic E-state index is 0.108. The van der Waals surface area contributed by atoms with Gasteiger partial charge in [-0.25, -0.2) is 13.8 Å². The highest BCUT2D eigenvalue weighted by molar-refractivity contribution is 5.86. The van der Waals surface area contributed by atoms with Crippen molar-refractivity contribution in [1.29, 1.82) is 0 Å². The number of nitro groups is 1. The molecule has 0 amide bonds. The first-order chi connectivity index (χ1) is 12.9. The van der Waals surface area contributed by atoms with Crippen molar-refractivity contribution in [2.24, 2.45) is 0 Å². The van der Waals surface area contributed by atoms with Gasteiger partial charge in [-0.1, -0.05) is 12.1 Å². The Hall–Kier alpha value is -3.56. The zero-order chi connectivity index (χ0) is 19.4. The lowest BCUT2D eigenvalue weighted by atomic mass is 10.1. The van der Waals surface area contributed by atoms with E-state index in [-0.39, 0.29) is 29.1 Å². The number of anilines is 1. The Kier molecular flexibility index (Phi) is 5.25. The molecule has 0 radical (unpaired) electrons. The number of fused-ring (bicyclic) bond motifs is 1. The van der Waals surface area contributed by atoms with E-state index in [0.29, 0.717) is 11.1 Å². The van der Waals surface area contributed by atoms with E-state index >= 15 is 0 Å². The number of alkyl halides is 2. The van der Waals surface area contributed by atoms with Gasteiger partial charge in [0, 0.05) is 12.6 Å². The first kappa shape index (κ1) is 18.2. The number of nitrogens with zero attached hydrogens (tertiary/aromatic N) is 2. The van der Waals surface area contributed by atoms with Crippen LogP contribution in [0.1, 0.15) is 5.56 Å². The van der Waals surface area contributed by atoms with Crippen molar-refractivity contribution in [1.82, 2.24) is 9.97 Å². The zero-order valence-electron chi connectivity index (χ0n) is 13.8. The molecule has 3 aromatic rings. The molecule has 0 aliphatic carbocycles. The average molecular weight is 376 g/mol. The van der Waals surface area contributed by atoms with Crippen molar-refractivity contribution < 1.29 is 18.4 Å². The van der Waals surface area contributed by atoms with Crippen molar-refractivity contribution in [3.05, 3.63) is 68.8 Å². The van der Waals surface area contributed by atoms with Gasteiger partial charge in [0.1, 0.15) is 18.0 Å². The summed E-state index contributed by atoms with van der Waals surface area (Å²) in [5.74, 6) is 0.274. The van der Waals surface area contributed by atoms with Gasteiger partial charge in [-0.15, -0.1) is 0 Å². The summed E-state index contributed by atoms with van der Waals surface area (Å²) in [5, 5.41) is 14.4. The second-order valence-electron chi connectivity index (χ2n) is 5.58. The number of aromatic amines is 1. The molecule has 2 aromatic carbocycles. The third-order valence-electron chi connectivity index (χ3n) is 3.71. The lowest BCUT2D eigenvalue weighted by Gasteiger charge is -2.10. The molecule has 1 aromatic heterocycles. The number of H-pyrrole nitrogens is 1. The maximum atomic E-state index is 12.2. The topological polar surface area (TPSA) is 110 Å². The predicted molar refractivity (Wildman–Crippen MR) is 94.3 cm³/mol. The first-order valence-electron chi connectivity index (χ1n) is 7.83. The van der Waals surface area contributed by atoms with E-state index in [4.69, 9.17) is 4.74 Å². The molecule has 0 atom stereocenters. The summed E-state index contributed by atoms with van der Waals surface area (Å²) in [4.78, 5) is 28.9. The van der Waals surface area contributed by atoms with E-state index in [2.05, 4.69) is 15.3 Å². The number of benzene rings is 2. The molecular formula is C17H14F2N4O4. The van der Waals surface area contributed by atoms with E-state index in [1.54, 1.807) is 24.3 Å². The Morgan fingerprint density at radius 3 is 2.85 bits per heavy atom. The van der Waals surface area contributed by atoms with Crippen LogP contribution in [0.5, 0.6) is 5.75 Å². The second-order valence-corrected chi connectivity index (χ2v) is 5.58. The number of nitro benzene ring substituents is 1. The molecule has 0 spiro atoms. The van der Waals surface area contributed by atoms with Gasteiger partial charge in [0.05, 0.1) is 22.2 Å². The van der Waals surface area contributed by atoms with Crippen LogP contribution in [0.4, 0.5) is 20.2 Å². The molecule has 3 rings (SSSR count). The summed E-state index contributed by atoms with van der Waals surface area (Å²) >= 11 is 0.